The van der Waals surface area contributed by atoms with E-state index in [9.17, 15) is 30.0 Å². The molecule has 3 aromatic rings. The highest BCUT2D eigenvalue weighted by Crippen LogP contribution is 2.33. The number of nitrogens with two attached hydrogens (primary N) is 1. The first-order valence-corrected chi connectivity index (χ1v) is 12.5. The number of fused-ring (bicyclic) bond motifs is 1. The number of nitrogen functional groups attached to an aromatic ring is 1. The number of aromatic amines is 1. The van der Waals surface area contributed by atoms with Gasteiger partial charge in [-0.1, -0.05) is 0 Å². The first-order chi connectivity index (χ1) is 19.7. The molecule has 8 atom stereocenters. The Kier molecular flexibility index (Phi) is 10.1. The van der Waals surface area contributed by atoms with Crippen LogP contribution in [0.3, 0.4) is 0 Å². The van der Waals surface area contributed by atoms with Crippen LogP contribution in [0.4, 0.5) is 5.82 Å². The normalized spacial score (nSPS) is 29.5. The van der Waals surface area contributed by atoms with Gasteiger partial charge in [0.15, 0.2) is 23.9 Å². The molecule has 2 saturated heterocycles. The second kappa shape index (κ2) is 13.6. The fourth-order valence-corrected chi connectivity index (χ4v) is 4.57. The number of anilines is 1. The van der Waals surface area contributed by atoms with E-state index in [2.05, 4.69) is 19.9 Å². The Labute approximate surface area is 231 Å². The lowest BCUT2D eigenvalue weighted by Crippen LogP contribution is -2.39. The molecule has 5 heterocycles. The Hall–Kier alpha value is -3.33. The largest absolute Gasteiger partial charge is 0.394 e. The molecule has 0 unspecified atom stereocenters. The molecule has 226 valence electrons. The topological polar surface area (TPSA) is 252 Å². The number of rotatable bonds is 9. The smallest absolute Gasteiger partial charge is 0.330 e. The number of hydrogen-bond donors (Lipinski definition) is 6. The summed E-state index contributed by atoms with van der Waals surface area (Å²) in [6, 6.07) is 1.16. The molecule has 0 bridgehead atoms. The first-order valence-electron chi connectivity index (χ1n) is 12.5. The molecule has 7 N–H and O–H groups in total. The highest BCUT2D eigenvalue weighted by Gasteiger charge is 2.46. The maximum Gasteiger partial charge on any atom is 0.330 e. The molecule has 0 amide bonds. The van der Waals surface area contributed by atoms with Crippen LogP contribution in [0, 0.1) is 0 Å². The first kappa shape index (κ1) is 30.6. The molecule has 2 fully saturated rings. The van der Waals surface area contributed by atoms with Crippen molar-refractivity contribution in [2.75, 3.05) is 46.4 Å². The highest BCUT2D eigenvalue weighted by molar-refractivity contribution is 5.81. The van der Waals surface area contributed by atoms with Gasteiger partial charge in [0, 0.05) is 26.5 Å². The standard InChI is InChI=1S/C12H18N2O7.C11H15N5O4/c1-19-4-5-20-10-9(17)7(6-15)21-11(10)14-3-2-8(16)13-12(14)18;1-19-8-7(18)5(2-17)20-11(8)16-4-15-6-9(12)13-3-14-10(6)16/h2-3,7,9-11,15,17H,4-6H2,1H3,(H,13,16,18);3-5,7-8,11,17-18H,2H2,1H3,(H2,12,13,14)/t7-,9-,10-,11-;5-,7-,8-,11-/m11/s1. The molecule has 2 aliphatic rings. The summed E-state index contributed by atoms with van der Waals surface area (Å²) in [4.78, 5) is 37.1. The minimum absolute atomic E-state index is 0.189. The summed E-state index contributed by atoms with van der Waals surface area (Å²) in [6.45, 7) is -0.226. The molecule has 0 saturated carbocycles. The molecule has 0 spiro atoms. The van der Waals surface area contributed by atoms with Crippen molar-refractivity contribution < 1.29 is 44.1 Å². The third-order valence-electron chi connectivity index (χ3n) is 6.64. The predicted octanol–water partition coefficient (Wildman–Crippen LogP) is -3.51. The lowest BCUT2D eigenvalue weighted by molar-refractivity contribution is -0.0819. The van der Waals surface area contributed by atoms with Gasteiger partial charge < -0.3 is 49.8 Å². The van der Waals surface area contributed by atoms with Gasteiger partial charge in [-0.3, -0.25) is 18.9 Å². The minimum Gasteiger partial charge on any atom is -0.394 e. The van der Waals surface area contributed by atoms with Gasteiger partial charge in [0.05, 0.1) is 32.8 Å². The summed E-state index contributed by atoms with van der Waals surface area (Å²) in [7, 11) is 2.97. The van der Waals surface area contributed by atoms with E-state index in [0.29, 0.717) is 17.8 Å². The zero-order valence-corrected chi connectivity index (χ0v) is 22.2. The van der Waals surface area contributed by atoms with E-state index in [1.807, 2.05) is 0 Å². The predicted molar refractivity (Wildman–Crippen MR) is 137 cm³/mol. The van der Waals surface area contributed by atoms with E-state index >= 15 is 0 Å². The van der Waals surface area contributed by atoms with Crippen LogP contribution in [0.25, 0.3) is 11.2 Å². The Bertz CT molecular complexity index is 1400. The second-order valence-electron chi connectivity index (χ2n) is 9.11. The number of ether oxygens (including phenoxy) is 5. The molecule has 5 rings (SSSR count). The zero-order valence-electron chi connectivity index (χ0n) is 22.2. The third kappa shape index (κ3) is 6.30. The van der Waals surface area contributed by atoms with Crippen LogP contribution < -0.4 is 17.0 Å². The number of hydrogen-bond acceptors (Lipinski definition) is 15. The van der Waals surface area contributed by atoms with Gasteiger partial charge >= 0.3 is 5.69 Å². The second-order valence-corrected chi connectivity index (χ2v) is 9.11. The van der Waals surface area contributed by atoms with Gasteiger partial charge in [0.25, 0.3) is 5.56 Å². The van der Waals surface area contributed by atoms with Gasteiger partial charge in [-0.25, -0.2) is 19.7 Å². The number of aliphatic hydroxyl groups is 4. The van der Waals surface area contributed by atoms with Crippen LogP contribution in [0.15, 0.2) is 34.5 Å². The number of methoxy groups -OCH3 is 2. The van der Waals surface area contributed by atoms with E-state index in [-0.39, 0.29) is 19.0 Å². The number of nitrogens with zero attached hydrogens (tertiary/aromatic N) is 5. The Balaban J connectivity index is 0.000000189. The third-order valence-corrected chi connectivity index (χ3v) is 6.64. The number of nitrogens with one attached hydrogen (secondary N) is 1. The number of H-pyrrole nitrogens is 1. The molecule has 0 radical (unpaired) electrons. The average Bonchev–Trinajstić information content (AvgIpc) is 3.63. The summed E-state index contributed by atoms with van der Waals surface area (Å²) < 4.78 is 29.4. The van der Waals surface area contributed by atoms with E-state index in [4.69, 9.17) is 29.4 Å². The van der Waals surface area contributed by atoms with Crippen molar-refractivity contribution in [1.82, 2.24) is 29.1 Å². The Morgan fingerprint density at radius 3 is 2.24 bits per heavy atom. The quantitative estimate of drug-likeness (QED) is 0.134. The number of aromatic nitrogens is 6. The molecule has 18 heteroatoms. The Morgan fingerprint density at radius 2 is 1.63 bits per heavy atom. The van der Waals surface area contributed by atoms with Crippen molar-refractivity contribution in [3.8, 4) is 0 Å². The number of aliphatic hydroxyl groups excluding tert-OH is 4. The van der Waals surface area contributed by atoms with Gasteiger partial charge in [-0.2, -0.15) is 0 Å². The van der Waals surface area contributed by atoms with Crippen LogP contribution in [-0.2, 0) is 23.7 Å². The molecule has 3 aromatic heterocycles. The number of imidazole rings is 1. The minimum atomic E-state index is -1.10. The van der Waals surface area contributed by atoms with Crippen molar-refractivity contribution in [3.05, 3.63) is 45.8 Å². The fourth-order valence-electron chi connectivity index (χ4n) is 4.57. The summed E-state index contributed by atoms with van der Waals surface area (Å²) in [5.41, 5.74) is 5.44. The summed E-state index contributed by atoms with van der Waals surface area (Å²) in [5, 5.41) is 38.5. The maximum absolute atomic E-state index is 11.8. The average molecular weight is 584 g/mol. The SMILES string of the molecule is COCCO[C@@H]1[C@H](O)[C@@H](CO)O[C@H]1n1ccc(=O)[nH]c1=O.CO[C@@H]1[C@H](O)[C@@H](CO)O[C@H]1n1cnc2c(N)ncnc21. The molecular weight excluding hydrogens is 550 g/mol. The van der Waals surface area contributed by atoms with Crippen molar-refractivity contribution in [3.63, 3.8) is 0 Å². The van der Waals surface area contributed by atoms with Crippen LogP contribution in [0.2, 0.25) is 0 Å². The lowest BCUT2D eigenvalue weighted by atomic mass is 10.1. The van der Waals surface area contributed by atoms with Crippen LogP contribution in [-0.4, -0.2) is 127 Å². The van der Waals surface area contributed by atoms with Crippen LogP contribution >= 0.6 is 0 Å². The van der Waals surface area contributed by atoms with Crippen molar-refractivity contribution >= 4 is 17.0 Å². The van der Waals surface area contributed by atoms with Gasteiger partial charge in [0.2, 0.25) is 0 Å². The fraction of sp³-hybridized carbons (Fsp3) is 0.609. The van der Waals surface area contributed by atoms with Crippen molar-refractivity contribution in [1.29, 1.82) is 0 Å². The van der Waals surface area contributed by atoms with E-state index in [1.54, 1.807) is 4.57 Å². The zero-order chi connectivity index (χ0) is 29.7. The molecule has 18 nitrogen and oxygen atoms in total. The van der Waals surface area contributed by atoms with Crippen molar-refractivity contribution in [2.45, 2.75) is 49.1 Å². The molecule has 0 aromatic carbocycles. The van der Waals surface area contributed by atoms with Crippen LogP contribution in [0.1, 0.15) is 12.5 Å². The Morgan fingerprint density at radius 1 is 0.976 bits per heavy atom. The molecule has 41 heavy (non-hydrogen) atoms. The molecular formula is C23H33N7O11. The van der Waals surface area contributed by atoms with E-state index < -0.39 is 66.9 Å². The molecule has 0 aliphatic carbocycles. The van der Waals surface area contributed by atoms with Gasteiger partial charge in [0.1, 0.15) is 48.5 Å². The summed E-state index contributed by atoms with van der Waals surface area (Å²) in [5.74, 6) is 0.264. The van der Waals surface area contributed by atoms with E-state index in [0.717, 1.165) is 10.6 Å². The van der Waals surface area contributed by atoms with E-state index in [1.165, 1.54) is 33.1 Å². The summed E-state index contributed by atoms with van der Waals surface area (Å²) >= 11 is 0. The summed E-state index contributed by atoms with van der Waals surface area (Å²) in [6.07, 6.45) is -2.65. The lowest BCUT2D eigenvalue weighted by Gasteiger charge is -2.22. The monoisotopic (exact) mass is 583 g/mol. The van der Waals surface area contributed by atoms with Gasteiger partial charge in [-0.15, -0.1) is 0 Å². The van der Waals surface area contributed by atoms with Gasteiger partial charge in [-0.05, 0) is 0 Å². The highest BCUT2D eigenvalue weighted by atomic mass is 16.6. The van der Waals surface area contributed by atoms with Crippen LogP contribution in [0.5, 0.6) is 0 Å². The maximum atomic E-state index is 11.8. The van der Waals surface area contributed by atoms with Crippen molar-refractivity contribution in [2.24, 2.45) is 0 Å². The molecule has 2 aliphatic heterocycles.